The normalized spacial score (nSPS) is 11.7. The highest BCUT2D eigenvalue weighted by molar-refractivity contribution is 6.35. The Bertz CT molecular complexity index is 744. The number of esters is 1. The van der Waals surface area contributed by atoms with Gasteiger partial charge in [-0.2, -0.15) is 0 Å². The number of aromatic nitrogens is 1. The van der Waals surface area contributed by atoms with Gasteiger partial charge in [-0.3, -0.25) is 4.98 Å². The number of ether oxygens (including phenoxy) is 2. The highest BCUT2D eigenvalue weighted by Gasteiger charge is 2.13. The summed E-state index contributed by atoms with van der Waals surface area (Å²) in [6, 6.07) is 7.00. The average Bonchev–Trinajstić information content (AvgIpc) is 2.54. The van der Waals surface area contributed by atoms with E-state index < -0.39 is 12.1 Å². The lowest BCUT2D eigenvalue weighted by atomic mass is 10.2. The Morgan fingerprint density at radius 2 is 2.12 bits per heavy atom. The van der Waals surface area contributed by atoms with Crippen molar-refractivity contribution in [2.45, 2.75) is 26.9 Å². The molecule has 0 fully saturated rings. The molecule has 128 valence electrons. The van der Waals surface area contributed by atoms with Crippen molar-refractivity contribution in [3.05, 3.63) is 35.5 Å². The predicted molar refractivity (Wildman–Crippen MR) is 92.5 cm³/mol. The monoisotopic (exact) mass is 350 g/mol. The number of carbonyl (C=O) groups excluding carboxylic acids is 1. The smallest absolute Gasteiger partial charge is 0.344 e. The van der Waals surface area contributed by atoms with Crippen molar-refractivity contribution in [2.75, 3.05) is 13.2 Å². The highest BCUT2D eigenvalue weighted by atomic mass is 35.5. The number of rotatable bonds is 7. The molecule has 1 aromatic carbocycles. The zero-order valence-corrected chi connectivity index (χ0v) is 14.5. The summed E-state index contributed by atoms with van der Waals surface area (Å²) in [7, 11) is 0. The number of oxime groups is 1. The molecule has 2 aromatic rings. The quantitative estimate of drug-likeness (QED) is 0.433. The van der Waals surface area contributed by atoms with Crippen molar-refractivity contribution in [3.63, 3.8) is 0 Å². The summed E-state index contributed by atoms with van der Waals surface area (Å²) in [5.74, 6) is -0.0237. The summed E-state index contributed by atoms with van der Waals surface area (Å²) in [6.45, 7) is 5.30. The van der Waals surface area contributed by atoms with E-state index in [1.807, 2.05) is 19.9 Å². The molecule has 0 amide bonds. The Labute approximate surface area is 145 Å². The van der Waals surface area contributed by atoms with E-state index in [1.165, 1.54) is 0 Å². The van der Waals surface area contributed by atoms with Crippen LogP contribution in [0.1, 0.15) is 20.8 Å². The van der Waals surface area contributed by atoms with Crippen LogP contribution in [0.2, 0.25) is 5.02 Å². The first-order valence-electron chi connectivity index (χ1n) is 7.46. The summed E-state index contributed by atoms with van der Waals surface area (Å²) < 4.78 is 10.7. The fourth-order valence-corrected chi connectivity index (χ4v) is 2.14. The molecule has 24 heavy (non-hydrogen) atoms. The third kappa shape index (κ3) is 5.09. The third-order valence-corrected chi connectivity index (χ3v) is 3.24. The van der Waals surface area contributed by atoms with E-state index in [0.29, 0.717) is 16.3 Å². The topological polar surface area (TPSA) is 70.0 Å². The number of fused-ring (bicyclic) bond motifs is 1. The Morgan fingerprint density at radius 3 is 2.88 bits per heavy atom. The zero-order valence-electron chi connectivity index (χ0n) is 13.8. The van der Waals surface area contributed by atoms with E-state index in [-0.39, 0.29) is 13.2 Å². The van der Waals surface area contributed by atoms with Crippen molar-refractivity contribution in [1.29, 1.82) is 0 Å². The molecule has 0 radical (unpaired) electrons. The zero-order chi connectivity index (χ0) is 17.5. The molecule has 0 saturated carbocycles. The first-order chi connectivity index (χ1) is 11.5. The molecule has 1 aromatic heterocycles. The maximum absolute atomic E-state index is 11.8. The summed E-state index contributed by atoms with van der Waals surface area (Å²) in [4.78, 5) is 21.1. The number of halogens is 1. The van der Waals surface area contributed by atoms with Gasteiger partial charge in [-0.25, -0.2) is 4.79 Å². The maximum Gasteiger partial charge on any atom is 0.344 e. The summed E-state index contributed by atoms with van der Waals surface area (Å²) in [5, 5.41) is 5.12. The molecule has 2 rings (SSSR count). The van der Waals surface area contributed by atoms with Gasteiger partial charge in [-0.15, -0.1) is 0 Å². The van der Waals surface area contributed by atoms with E-state index in [9.17, 15) is 4.79 Å². The third-order valence-electron chi connectivity index (χ3n) is 2.91. The van der Waals surface area contributed by atoms with Gasteiger partial charge in [0.05, 0.1) is 10.7 Å². The minimum Gasteiger partial charge on any atom is -0.480 e. The standard InChI is InChI=1S/C17H19ClN2O4/c1-11(2)20-23-9-12(3)24-16(21)10-22-15-7-6-14(18)13-5-4-8-19-17(13)15/h4-8,12H,9-10H2,1-3H3. The van der Waals surface area contributed by atoms with Gasteiger partial charge in [0.1, 0.15) is 17.4 Å². The summed E-state index contributed by atoms with van der Waals surface area (Å²) in [6.07, 6.45) is 1.21. The summed E-state index contributed by atoms with van der Waals surface area (Å²) in [5.41, 5.74) is 1.39. The predicted octanol–water partition coefficient (Wildman–Crippen LogP) is 3.61. The SMILES string of the molecule is CC(C)=NOCC(C)OC(=O)COc1ccc(Cl)c2cccnc12. The van der Waals surface area contributed by atoms with Gasteiger partial charge in [0.15, 0.2) is 13.2 Å². The van der Waals surface area contributed by atoms with Crippen LogP contribution >= 0.6 is 11.6 Å². The van der Waals surface area contributed by atoms with Gasteiger partial charge in [0.2, 0.25) is 0 Å². The Balaban J connectivity index is 1.90. The number of carbonyl (C=O) groups is 1. The Morgan fingerprint density at radius 1 is 1.33 bits per heavy atom. The van der Waals surface area contributed by atoms with E-state index in [0.717, 1.165) is 11.1 Å². The molecule has 0 aliphatic rings. The largest absolute Gasteiger partial charge is 0.480 e. The van der Waals surface area contributed by atoms with E-state index >= 15 is 0 Å². The van der Waals surface area contributed by atoms with E-state index in [4.69, 9.17) is 25.9 Å². The lowest BCUT2D eigenvalue weighted by Gasteiger charge is -2.13. The minimum atomic E-state index is -0.498. The maximum atomic E-state index is 11.8. The van der Waals surface area contributed by atoms with Crippen LogP contribution in [0, 0.1) is 0 Å². The molecule has 1 atom stereocenters. The molecule has 0 bridgehead atoms. The highest BCUT2D eigenvalue weighted by Crippen LogP contribution is 2.29. The summed E-state index contributed by atoms with van der Waals surface area (Å²) >= 11 is 6.12. The second kappa shape index (κ2) is 8.49. The van der Waals surface area contributed by atoms with Crippen LogP contribution in [-0.2, 0) is 14.4 Å². The van der Waals surface area contributed by atoms with Gasteiger partial charge >= 0.3 is 5.97 Å². The van der Waals surface area contributed by atoms with E-state index in [2.05, 4.69) is 10.1 Å². The fraction of sp³-hybridized carbons (Fsp3) is 0.353. The lowest BCUT2D eigenvalue weighted by Crippen LogP contribution is -2.23. The van der Waals surface area contributed by atoms with Gasteiger partial charge < -0.3 is 14.3 Å². The van der Waals surface area contributed by atoms with Gasteiger partial charge in [0, 0.05) is 11.6 Å². The first kappa shape index (κ1) is 18.0. The lowest BCUT2D eigenvalue weighted by molar-refractivity contribution is -0.153. The van der Waals surface area contributed by atoms with Crippen LogP contribution in [0.15, 0.2) is 35.6 Å². The molecule has 0 aliphatic heterocycles. The Hall–Kier alpha value is -2.34. The molecular weight excluding hydrogens is 332 g/mol. The molecule has 0 N–H and O–H groups in total. The Kier molecular flexibility index (Phi) is 6.37. The number of benzene rings is 1. The molecule has 6 nitrogen and oxygen atoms in total. The minimum absolute atomic E-state index is 0.183. The fourth-order valence-electron chi connectivity index (χ4n) is 1.93. The van der Waals surface area contributed by atoms with Crippen molar-refractivity contribution < 1.29 is 19.1 Å². The van der Waals surface area contributed by atoms with Gasteiger partial charge in [-0.1, -0.05) is 16.8 Å². The second-order valence-electron chi connectivity index (χ2n) is 5.37. The van der Waals surface area contributed by atoms with Crippen molar-refractivity contribution in [3.8, 4) is 5.75 Å². The molecule has 0 aliphatic carbocycles. The number of nitrogens with zero attached hydrogens (tertiary/aromatic N) is 2. The van der Waals surface area contributed by atoms with Crippen LogP contribution in [0.3, 0.4) is 0 Å². The van der Waals surface area contributed by atoms with Crippen LogP contribution in [0.5, 0.6) is 5.75 Å². The molecular formula is C17H19ClN2O4. The van der Waals surface area contributed by atoms with Crippen molar-refractivity contribution in [1.82, 2.24) is 4.98 Å². The molecule has 7 heteroatoms. The molecule has 1 heterocycles. The molecule has 0 saturated heterocycles. The first-order valence-corrected chi connectivity index (χ1v) is 7.84. The number of pyridine rings is 1. The average molecular weight is 351 g/mol. The van der Waals surface area contributed by atoms with Crippen LogP contribution in [0.25, 0.3) is 10.9 Å². The van der Waals surface area contributed by atoms with Crippen LogP contribution in [-0.4, -0.2) is 36.0 Å². The van der Waals surface area contributed by atoms with Gasteiger partial charge in [-0.05, 0) is 45.0 Å². The van der Waals surface area contributed by atoms with Crippen LogP contribution < -0.4 is 4.74 Å². The van der Waals surface area contributed by atoms with Crippen molar-refractivity contribution >= 4 is 34.2 Å². The van der Waals surface area contributed by atoms with Crippen molar-refractivity contribution in [2.24, 2.45) is 5.16 Å². The van der Waals surface area contributed by atoms with Crippen LogP contribution in [0.4, 0.5) is 0 Å². The number of hydrogen-bond acceptors (Lipinski definition) is 6. The second-order valence-corrected chi connectivity index (χ2v) is 5.78. The molecule has 0 spiro atoms. The van der Waals surface area contributed by atoms with Gasteiger partial charge in [0.25, 0.3) is 0 Å². The molecule has 1 unspecified atom stereocenters. The number of hydrogen-bond donors (Lipinski definition) is 0. The van der Waals surface area contributed by atoms with E-state index in [1.54, 1.807) is 31.3 Å².